The predicted molar refractivity (Wildman–Crippen MR) is 91.9 cm³/mol. The monoisotopic (exact) mass is 282 g/mol. The molecule has 1 unspecified atom stereocenters. The van der Waals surface area contributed by atoms with Crippen molar-refractivity contribution in [3.8, 4) is 0 Å². The zero-order valence-corrected chi connectivity index (χ0v) is 13.3. The van der Waals surface area contributed by atoms with Crippen molar-refractivity contribution in [2.75, 3.05) is 25.0 Å². The molecule has 2 rings (SSSR count). The van der Waals surface area contributed by atoms with E-state index >= 15 is 0 Å². The molecule has 0 saturated carbocycles. The fourth-order valence-electron chi connectivity index (χ4n) is 2.47. The van der Waals surface area contributed by atoms with E-state index in [0.717, 1.165) is 19.5 Å². The summed E-state index contributed by atoms with van der Waals surface area (Å²) in [4.78, 5) is 2.32. The summed E-state index contributed by atoms with van der Waals surface area (Å²) in [6, 6.07) is 19.8. The Morgan fingerprint density at radius 3 is 2.29 bits per heavy atom. The SMILES string of the molecule is CCCNC(CN(C)c1ccc(C)cc1)c1ccccc1. The van der Waals surface area contributed by atoms with Crippen LogP contribution in [0.4, 0.5) is 5.69 Å². The summed E-state index contributed by atoms with van der Waals surface area (Å²) in [5.74, 6) is 0. The molecule has 2 heteroatoms. The van der Waals surface area contributed by atoms with Gasteiger partial charge in [0.25, 0.3) is 0 Å². The number of rotatable bonds is 7. The van der Waals surface area contributed by atoms with Gasteiger partial charge in [-0.3, -0.25) is 0 Å². The van der Waals surface area contributed by atoms with Crippen LogP contribution in [0, 0.1) is 6.92 Å². The standard InChI is InChI=1S/C19H26N2/c1-4-14-20-19(17-8-6-5-7-9-17)15-21(3)18-12-10-16(2)11-13-18/h5-13,19-20H,4,14-15H2,1-3H3. The number of likely N-dealkylation sites (N-methyl/N-ethyl adjacent to an activating group) is 1. The second-order valence-electron chi connectivity index (χ2n) is 5.63. The highest BCUT2D eigenvalue weighted by Crippen LogP contribution is 2.19. The zero-order chi connectivity index (χ0) is 15.1. The van der Waals surface area contributed by atoms with E-state index in [2.05, 4.69) is 85.7 Å². The van der Waals surface area contributed by atoms with Gasteiger partial charge in [0.05, 0.1) is 0 Å². The van der Waals surface area contributed by atoms with Crippen molar-refractivity contribution in [3.63, 3.8) is 0 Å². The van der Waals surface area contributed by atoms with Gasteiger partial charge in [-0.05, 0) is 37.6 Å². The highest BCUT2D eigenvalue weighted by Gasteiger charge is 2.13. The minimum atomic E-state index is 0.359. The molecule has 0 aromatic heterocycles. The van der Waals surface area contributed by atoms with Crippen molar-refractivity contribution in [1.82, 2.24) is 5.32 Å². The van der Waals surface area contributed by atoms with E-state index < -0.39 is 0 Å². The second-order valence-corrected chi connectivity index (χ2v) is 5.63. The molecule has 0 heterocycles. The lowest BCUT2D eigenvalue weighted by Gasteiger charge is -2.27. The van der Waals surface area contributed by atoms with Crippen molar-refractivity contribution >= 4 is 5.69 Å². The normalized spacial score (nSPS) is 12.1. The molecule has 0 fully saturated rings. The second kappa shape index (κ2) is 7.84. The Balaban J connectivity index is 2.09. The Kier molecular flexibility index (Phi) is 5.82. The van der Waals surface area contributed by atoms with Gasteiger partial charge in [-0.1, -0.05) is 55.0 Å². The van der Waals surface area contributed by atoms with E-state index in [1.54, 1.807) is 0 Å². The largest absolute Gasteiger partial charge is 0.373 e. The fraction of sp³-hybridized carbons (Fsp3) is 0.368. The first-order valence-electron chi connectivity index (χ1n) is 7.77. The van der Waals surface area contributed by atoms with Crippen molar-refractivity contribution < 1.29 is 0 Å². The number of nitrogens with zero attached hydrogens (tertiary/aromatic N) is 1. The van der Waals surface area contributed by atoms with Crippen molar-refractivity contribution in [2.24, 2.45) is 0 Å². The molecule has 2 aromatic carbocycles. The third-order valence-corrected chi connectivity index (χ3v) is 3.77. The maximum Gasteiger partial charge on any atom is 0.0498 e. The first-order valence-corrected chi connectivity index (χ1v) is 7.77. The number of nitrogens with one attached hydrogen (secondary N) is 1. The summed E-state index contributed by atoms with van der Waals surface area (Å²) in [6.07, 6.45) is 1.15. The van der Waals surface area contributed by atoms with Crippen LogP contribution in [0.2, 0.25) is 0 Å². The van der Waals surface area contributed by atoms with E-state index in [4.69, 9.17) is 0 Å². The highest BCUT2D eigenvalue weighted by atomic mass is 15.1. The van der Waals surface area contributed by atoms with Gasteiger partial charge in [-0.2, -0.15) is 0 Å². The molecule has 2 nitrogen and oxygen atoms in total. The average molecular weight is 282 g/mol. The zero-order valence-electron chi connectivity index (χ0n) is 13.3. The lowest BCUT2D eigenvalue weighted by Crippen LogP contribution is -2.33. The first-order chi connectivity index (χ1) is 10.2. The van der Waals surface area contributed by atoms with Crippen LogP contribution in [-0.4, -0.2) is 20.1 Å². The molecule has 1 N–H and O–H groups in total. The Bertz CT molecular complexity index is 519. The van der Waals surface area contributed by atoms with E-state index in [0.29, 0.717) is 6.04 Å². The van der Waals surface area contributed by atoms with Gasteiger partial charge in [0.1, 0.15) is 0 Å². The van der Waals surface area contributed by atoms with E-state index in [1.807, 2.05) is 0 Å². The fourth-order valence-corrected chi connectivity index (χ4v) is 2.47. The molecule has 0 spiro atoms. The number of hydrogen-bond acceptors (Lipinski definition) is 2. The van der Waals surface area contributed by atoms with Crippen molar-refractivity contribution in [3.05, 3.63) is 65.7 Å². The summed E-state index contributed by atoms with van der Waals surface area (Å²) < 4.78 is 0. The minimum Gasteiger partial charge on any atom is -0.373 e. The molecule has 112 valence electrons. The quantitative estimate of drug-likeness (QED) is 0.820. The average Bonchev–Trinajstić information content (AvgIpc) is 2.52. The van der Waals surface area contributed by atoms with Gasteiger partial charge in [-0.25, -0.2) is 0 Å². The van der Waals surface area contributed by atoms with Crippen LogP contribution in [-0.2, 0) is 0 Å². The summed E-state index contributed by atoms with van der Waals surface area (Å²) in [7, 11) is 2.16. The van der Waals surface area contributed by atoms with Gasteiger partial charge in [0, 0.05) is 25.3 Å². The maximum atomic E-state index is 3.66. The minimum absolute atomic E-state index is 0.359. The van der Waals surface area contributed by atoms with E-state index in [1.165, 1.54) is 16.8 Å². The molecule has 1 atom stereocenters. The molecule has 0 radical (unpaired) electrons. The lowest BCUT2D eigenvalue weighted by molar-refractivity contribution is 0.530. The number of anilines is 1. The third kappa shape index (κ3) is 4.61. The summed E-state index contributed by atoms with van der Waals surface area (Å²) in [5.41, 5.74) is 3.92. The van der Waals surface area contributed by atoms with Crippen LogP contribution >= 0.6 is 0 Å². The van der Waals surface area contributed by atoms with Crippen LogP contribution in [0.15, 0.2) is 54.6 Å². The van der Waals surface area contributed by atoms with Crippen LogP contribution in [0.5, 0.6) is 0 Å². The third-order valence-electron chi connectivity index (χ3n) is 3.77. The molecular weight excluding hydrogens is 256 g/mol. The summed E-state index contributed by atoms with van der Waals surface area (Å²) in [5, 5.41) is 3.66. The van der Waals surface area contributed by atoms with Gasteiger partial charge in [0.2, 0.25) is 0 Å². The van der Waals surface area contributed by atoms with E-state index in [9.17, 15) is 0 Å². The van der Waals surface area contributed by atoms with Crippen LogP contribution in [0.25, 0.3) is 0 Å². The van der Waals surface area contributed by atoms with Gasteiger partial charge >= 0.3 is 0 Å². The Hall–Kier alpha value is -1.80. The van der Waals surface area contributed by atoms with Gasteiger partial charge < -0.3 is 10.2 Å². The highest BCUT2D eigenvalue weighted by molar-refractivity contribution is 5.47. The molecular formula is C19H26N2. The summed E-state index contributed by atoms with van der Waals surface area (Å²) in [6.45, 7) is 6.34. The molecule has 0 saturated heterocycles. The van der Waals surface area contributed by atoms with Gasteiger partial charge in [-0.15, -0.1) is 0 Å². The Labute approximate surface area is 128 Å². The number of hydrogen-bond donors (Lipinski definition) is 1. The Morgan fingerprint density at radius 1 is 1.00 bits per heavy atom. The molecule has 21 heavy (non-hydrogen) atoms. The van der Waals surface area contributed by atoms with Crippen LogP contribution in [0.3, 0.4) is 0 Å². The summed E-state index contributed by atoms with van der Waals surface area (Å²) >= 11 is 0. The Morgan fingerprint density at radius 2 is 1.67 bits per heavy atom. The van der Waals surface area contributed by atoms with Crippen molar-refractivity contribution in [1.29, 1.82) is 0 Å². The molecule has 0 aliphatic heterocycles. The first kappa shape index (κ1) is 15.6. The molecule has 0 aliphatic carbocycles. The number of aryl methyl sites for hydroxylation is 1. The van der Waals surface area contributed by atoms with Crippen LogP contribution in [0.1, 0.15) is 30.5 Å². The molecule has 0 aliphatic rings. The predicted octanol–water partition coefficient (Wildman–Crippen LogP) is 4.17. The lowest BCUT2D eigenvalue weighted by atomic mass is 10.1. The molecule has 0 bridgehead atoms. The smallest absolute Gasteiger partial charge is 0.0498 e. The number of benzene rings is 2. The van der Waals surface area contributed by atoms with Crippen LogP contribution < -0.4 is 10.2 Å². The van der Waals surface area contributed by atoms with Crippen molar-refractivity contribution in [2.45, 2.75) is 26.3 Å². The van der Waals surface area contributed by atoms with E-state index in [-0.39, 0.29) is 0 Å². The maximum absolute atomic E-state index is 3.66. The molecule has 2 aromatic rings. The topological polar surface area (TPSA) is 15.3 Å². The molecule has 0 amide bonds. The van der Waals surface area contributed by atoms with Gasteiger partial charge in [0.15, 0.2) is 0 Å².